The molecule has 0 aromatic heterocycles. The van der Waals surface area contributed by atoms with Crippen LogP contribution in [0.2, 0.25) is 5.02 Å². The van der Waals surface area contributed by atoms with Crippen LogP contribution in [0.15, 0.2) is 12.1 Å². The van der Waals surface area contributed by atoms with Crippen molar-refractivity contribution in [2.45, 2.75) is 31.9 Å². The first-order chi connectivity index (χ1) is 9.92. The second kappa shape index (κ2) is 6.22. The van der Waals surface area contributed by atoms with Crippen molar-refractivity contribution in [1.29, 1.82) is 0 Å². The third-order valence-electron chi connectivity index (χ3n) is 3.06. The summed E-state index contributed by atoms with van der Waals surface area (Å²) in [6.45, 7) is 1.55. The Morgan fingerprint density at radius 2 is 2.10 bits per heavy atom. The summed E-state index contributed by atoms with van der Waals surface area (Å²) in [5.74, 6) is -1.33. The fraction of sp³-hybridized carbons (Fsp3) is 0.429. The van der Waals surface area contributed by atoms with Gasteiger partial charge in [-0.1, -0.05) is 11.6 Å². The number of carboxylic acids is 1. The molecule has 0 heterocycles. The topological polar surface area (TPSA) is 84.9 Å². The van der Waals surface area contributed by atoms with Gasteiger partial charge in [-0.15, -0.1) is 0 Å². The van der Waals surface area contributed by atoms with Gasteiger partial charge in [0.1, 0.15) is 5.56 Å². The normalized spacial score (nSPS) is 15.2. The maximum atomic E-state index is 11.9. The predicted octanol–water partition coefficient (Wildman–Crippen LogP) is 2.09. The lowest BCUT2D eigenvalue weighted by atomic mass is 10.2. The lowest BCUT2D eigenvalue weighted by molar-refractivity contribution is -0.127. The second-order valence-electron chi connectivity index (χ2n) is 4.83. The Kier molecular flexibility index (Phi) is 4.57. The first-order valence-corrected chi connectivity index (χ1v) is 6.88. The SMILES string of the molecule is COc1cc(Cl)cc(C(=O)O)c1OC(C)C(=O)NC1CC1. The summed E-state index contributed by atoms with van der Waals surface area (Å²) in [6, 6.07) is 2.90. The van der Waals surface area contributed by atoms with Crippen molar-refractivity contribution in [3.05, 3.63) is 22.7 Å². The first-order valence-electron chi connectivity index (χ1n) is 6.50. The highest BCUT2D eigenvalue weighted by atomic mass is 35.5. The highest BCUT2D eigenvalue weighted by molar-refractivity contribution is 6.31. The van der Waals surface area contributed by atoms with E-state index >= 15 is 0 Å². The highest BCUT2D eigenvalue weighted by Gasteiger charge is 2.28. The van der Waals surface area contributed by atoms with E-state index in [-0.39, 0.29) is 34.0 Å². The van der Waals surface area contributed by atoms with Crippen LogP contribution >= 0.6 is 11.6 Å². The van der Waals surface area contributed by atoms with E-state index in [0.29, 0.717) is 0 Å². The quantitative estimate of drug-likeness (QED) is 0.840. The number of amides is 1. The van der Waals surface area contributed by atoms with Crippen LogP contribution in [0.25, 0.3) is 0 Å². The second-order valence-corrected chi connectivity index (χ2v) is 5.27. The minimum atomic E-state index is -1.21. The summed E-state index contributed by atoms with van der Waals surface area (Å²) in [6.07, 6.45) is 1.09. The Morgan fingerprint density at radius 3 is 2.62 bits per heavy atom. The summed E-state index contributed by atoms with van der Waals surface area (Å²) in [4.78, 5) is 23.2. The molecule has 21 heavy (non-hydrogen) atoms. The van der Waals surface area contributed by atoms with Gasteiger partial charge < -0.3 is 19.9 Å². The number of aromatic carboxylic acids is 1. The van der Waals surface area contributed by atoms with E-state index in [1.165, 1.54) is 19.2 Å². The van der Waals surface area contributed by atoms with Crippen LogP contribution in [0.3, 0.4) is 0 Å². The Bertz CT molecular complexity index is 571. The Hall–Kier alpha value is -1.95. The standard InChI is InChI=1S/C14H16ClNO5/c1-7(13(17)16-9-3-4-9)21-12-10(14(18)19)5-8(15)6-11(12)20-2/h5-7,9H,3-4H2,1-2H3,(H,16,17)(H,18,19). The van der Waals surface area contributed by atoms with E-state index in [4.69, 9.17) is 21.1 Å². The Morgan fingerprint density at radius 1 is 1.43 bits per heavy atom. The largest absolute Gasteiger partial charge is 0.493 e. The average molecular weight is 314 g/mol. The summed E-state index contributed by atoms with van der Waals surface area (Å²) in [7, 11) is 1.37. The van der Waals surface area contributed by atoms with Crippen molar-refractivity contribution >= 4 is 23.5 Å². The first kappa shape index (κ1) is 15.4. The van der Waals surface area contributed by atoms with E-state index in [2.05, 4.69) is 5.32 Å². The number of hydrogen-bond acceptors (Lipinski definition) is 4. The number of hydrogen-bond donors (Lipinski definition) is 2. The van der Waals surface area contributed by atoms with Crippen LogP contribution in [0.5, 0.6) is 11.5 Å². The zero-order valence-corrected chi connectivity index (χ0v) is 12.4. The molecule has 1 fully saturated rings. The fourth-order valence-electron chi connectivity index (χ4n) is 1.78. The number of carboxylic acid groups (broad SMARTS) is 1. The summed E-state index contributed by atoms with van der Waals surface area (Å²) in [5.41, 5.74) is -0.148. The minimum absolute atomic E-state index is 0.00662. The van der Waals surface area contributed by atoms with Crippen molar-refractivity contribution < 1.29 is 24.2 Å². The van der Waals surface area contributed by atoms with Crippen molar-refractivity contribution in [3.63, 3.8) is 0 Å². The molecule has 2 N–H and O–H groups in total. The van der Waals surface area contributed by atoms with E-state index < -0.39 is 12.1 Å². The molecule has 1 aliphatic carbocycles. The van der Waals surface area contributed by atoms with Crippen LogP contribution in [-0.2, 0) is 4.79 Å². The molecule has 0 spiro atoms. The van der Waals surface area contributed by atoms with Crippen molar-refractivity contribution in [1.82, 2.24) is 5.32 Å². The molecular formula is C14H16ClNO5. The number of ether oxygens (including phenoxy) is 2. The molecular weight excluding hydrogens is 298 g/mol. The molecule has 0 radical (unpaired) electrons. The third kappa shape index (κ3) is 3.78. The molecule has 1 amide bonds. The number of nitrogens with one attached hydrogen (secondary N) is 1. The number of rotatable bonds is 6. The number of halogens is 1. The molecule has 7 heteroatoms. The maximum absolute atomic E-state index is 11.9. The van der Waals surface area contributed by atoms with E-state index in [1.807, 2.05) is 0 Å². The summed E-state index contributed by atoms with van der Waals surface area (Å²) >= 11 is 5.84. The van der Waals surface area contributed by atoms with Gasteiger partial charge in [0.2, 0.25) is 0 Å². The summed E-state index contributed by atoms with van der Waals surface area (Å²) in [5, 5.41) is 12.2. The van der Waals surface area contributed by atoms with Gasteiger partial charge in [-0.3, -0.25) is 4.79 Å². The van der Waals surface area contributed by atoms with Crippen molar-refractivity contribution in [2.24, 2.45) is 0 Å². The van der Waals surface area contributed by atoms with Crippen molar-refractivity contribution in [3.8, 4) is 11.5 Å². The predicted molar refractivity (Wildman–Crippen MR) is 76.2 cm³/mol. The molecule has 1 unspecified atom stereocenters. The number of carbonyl (C=O) groups excluding carboxylic acids is 1. The van der Waals surface area contributed by atoms with Gasteiger partial charge in [-0.2, -0.15) is 0 Å². The minimum Gasteiger partial charge on any atom is -0.493 e. The number of methoxy groups -OCH3 is 1. The molecule has 1 saturated carbocycles. The highest BCUT2D eigenvalue weighted by Crippen LogP contribution is 2.35. The fourth-order valence-corrected chi connectivity index (χ4v) is 1.99. The van der Waals surface area contributed by atoms with Crippen LogP contribution in [0.4, 0.5) is 0 Å². The van der Waals surface area contributed by atoms with Gasteiger partial charge in [0.15, 0.2) is 17.6 Å². The molecule has 114 valence electrons. The van der Waals surface area contributed by atoms with Gasteiger partial charge in [-0.05, 0) is 25.8 Å². The monoisotopic (exact) mass is 313 g/mol. The van der Waals surface area contributed by atoms with Gasteiger partial charge >= 0.3 is 5.97 Å². The Balaban J connectivity index is 2.24. The van der Waals surface area contributed by atoms with Crippen LogP contribution in [0, 0.1) is 0 Å². The van der Waals surface area contributed by atoms with Gasteiger partial charge in [0, 0.05) is 17.1 Å². The zero-order valence-electron chi connectivity index (χ0n) is 11.7. The number of carbonyl (C=O) groups is 2. The molecule has 6 nitrogen and oxygen atoms in total. The molecule has 1 atom stereocenters. The average Bonchev–Trinajstić information content (AvgIpc) is 3.23. The van der Waals surface area contributed by atoms with Crippen molar-refractivity contribution in [2.75, 3.05) is 7.11 Å². The van der Waals surface area contributed by atoms with E-state index in [0.717, 1.165) is 12.8 Å². The Labute approximate surface area is 127 Å². The van der Waals surface area contributed by atoms with Gasteiger partial charge in [0.05, 0.1) is 7.11 Å². The van der Waals surface area contributed by atoms with E-state index in [1.54, 1.807) is 6.92 Å². The third-order valence-corrected chi connectivity index (χ3v) is 3.28. The molecule has 0 aliphatic heterocycles. The molecule has 1 aliphatic rings. The van der Waals surface area contributed by atoms with Gasteiger partial charge in [-0.25, -0.2) is 4.79 Å². The van der Waals surface area contributed by atoms with E-state index in [9.17, 15) is 14.7 Å². The van der Waals surface area contributed by atoms with Gasteiger partial charge in [0.25, 0.3) is 5.91 Å². The van der Waals surface area contributed by atoms with Crippen LogP contribution < -0.4 is 14.8 Å². The maximum Gasteiger partial charge on any atom is 0.339 e. The van der Waals surface area contributed by atoms with Crippen LogP contribution in [-0.4, -0.2) is 36.2 Å². The molecule has 1 aromatic rings. The molecule has 0 bridgehead atoms. The zero-order chi connectivity index (χ0) is 15.6. The number of benzene rings is 1. The molecule has 0 saturated heterocycles. The summed E-state index contributed by atoms with van der Waals surface area (Å²) < 4.78 is 10.6. The van der Waals surface area contributed by atoms with Crippen LogP contribution in [0.1, 0.15) is 30.1 Å². The molecule has 1 aromatic carbocycles. The molecule has 2 rings (SSSR count). The lowest BCUT2D eigenvalue weighted by Gasteiger charge is -2.18. The lowest BCUT2D eigenvalue weighted by Crippen LogP contribution is -2.37. The smallest absolute Gasteiger partial charge is 0.339 e.